The van der Waals surface area contributed by atoms with Crippen molar-refractivity contribution in [2.24, 2.45) is 0 Å². The van der Waals surface area contributed by atoms with Crippen LogP contribution in [-0.2, 0) is 0 Å². The van der Waals surface area contributed by atoms with Crippen LogP contribution in [0.25, 0.3) is 11.0 Å². The molecule has 0 saturated heterocycles. The Balaban J connectivity index is 1.45. The lowest BCUT2D eigenvalue weighted by Gasteiger charge is -2.23. The molecule has 2 heterocycles. The van der Waals surface area contributed by atoms with Crippen LogP contribution in [0.15, 0.2) is 35.7 Å². The Hall–Kier alpha value is -2.75. The van der Waals surface area contributed by atoms with Gasteiger partial charge < -0.3 is 10.2 Å². The minimum atomic E-state index is -0.773. The third-order valence-corrected chi connectivity index (χ3v) is 6.61. The molecule has 10 heteroatoms. The molecule has 2 N–H and O–H groups in total. The molecule has 2 aromatic heterocycles. The van der Waals surface area contributed by atoms with E-state index in [1.54, 1.807) is 22.9 Å². The van der Waals surface area contributed by atoms with Crippen LogP contribution >= 0.6 is 11.8 Å². The smallest absolute Gasteiger partial charge is 0.321 e. The summed E-state index contributed by atoms with van der Waals surface area (Å²) < 4.78 is 27.2. The summed E-state index contributed by atoms with van der Waals surface area (Å²) in [6.45, 7) is 3.37. The van der Waals surface area contributed by atoms with Gasteiger partial charge in [0.1, 0.15) is 23.0 Å². The van der Waals surface area contributed by atoms with E-state index in [0.717, 1.165) is 78.9 Å². The number of thioether (sulfide) groups is 1. The predicted molar refractivity (Wildman–Crippen MR) is 132 cm³/mol. The van der Waals surface area contributed by atoms with Crippen molar-refractivity contribution in [3.8, 4) is 0 Å². The van der Waals surface area contributed by atoms with Gasteiger partial charge in [0.25, 0.3) is 0 Å². The minimum absolute atomic E-state index is 0.00537. The van der Waals surface area contributed by atoms with Gasteiger partial charge in [-0.2, -0.15) is 5.10 Å². The van der Waals surface area contributed by atoms with Crippen molar-refractivity contribution in [2.75, 3.05) is 24.2 Å². The number of anilines is 1. The second kappa shape index (κ2) is 13.8. The number of carbonyl (C=O) groups excluding carboxylic acids is 1. The molecule has 7 nitrogen and oxygen atoms in total. The average molecular weight is 491 g/mol. The molecule has 0 unspecified atom stereocenters. The Bertz CT molecular complexity index is 1050. The number of urea groups is 1. The molecule has 0 saturated carbocycles. The van der Waals surface area contributed by atoms with Crippen LogP contribution in [0.5, 0.6) is 0 Å². The Kier molecular flexibility index (Phi) is 10.5. The molecular formula is C24H32F2N6OS. The maximum atomic E-state index is 14.0. The van der Waals surface area contributed by atoms with E-state index in [1.165, 1.54) is 18.8 Å². The lowest BCUT2D eigenvalue weighted by Crippen LogP contribution is -2.36. The van der Waals surface area contributed by atoms with Crippen LogP contribution in [0.3, 0.4) is 0 Å². The lowest BCUT2D eigenvalue weighted by atomic mass is 10.1. The monoisotopic (exact) mass is 490 g/mol. The first kappa shape index (κ1) is 25.9. The van der Waals surface area contributed by atoms with Crippen molar-refractivity contribution in [3.05, 3.63) is 42.4 Å². The predicted octanol–water partition coefficient (Wildman–Crippen LogP) is 6.40. The SMILES string of the molecule is CCCCCCCN(CCCCCSc1ncnc2[nH]ncc12)C(=O)Nc1ccc(F)cc1F. The third kappa shape index (κ3) is 7.93. The summed E-state index contributed by atoms with van der Waals surface area (Å²) in [4.78, 5) is 23.0. The molecule has 0 aliphatic rings. The Morgan fingerprint density at radius 3 is 2.59 bits per heavy atom. The summed E-state index contributed by atoms with van der Waals surface area (Å²) in [5, 5.41) is 11.3. The molecule has 0 fully saturated rings. The van der Waals surface area contributed by atoms with Gasteiger partial charge in [0, 0.05) is 19.2 Å². The van der Waals surface area contributed by atoms with Crippen molar-refractivity contribution >= 4 is 34.5 Å². The van der Waals surface area contributed by atoms with Crippen molar-refractivity contribution < 1.29 is 13.6 Å². The highest BCUT2D eigenvalue weighted by atomic mass is 32.2. The van der Waals surface area contributed by atoms with Gasteiger partial charge in [-0.15, -0.1) is 11.8 Å². The normalized spacial score (nSPS) is 11.1. The van der Waals surface area contributed by atoms with Gasteiger partial charge in [0.05, 0.1) is 17.3 Å². The first-order valence-electron chi connectivity index (χ1n) is 11.9. The van der Waals surface area contributed by atoms with E-state index in [0.29, 0.717) is 13.1 Å². The van der Waals surface area contributed by atoms with E-state index in [-0.39, 0.29) is 11.7 Å². The molecule has 3 aromatic rings. The molecule has 0 aliphatic carbocycles. The summed E-state index contributed by atoms with van der Waals surface area (Å²) >= 11 is 1.67. The maximum Gasteiger partial charge on any atom is 0.321 e. The first-order valence-corrected chi connectivity index (χ1v) is 12.8. The number of aromatic nitrogens is 4. The van der Waals surface area contributed by atoms with E-state index < -0.39 is 11.6 Å². The zero-order valence-electron chi connectivity index (χ0n) is 19.5. The number of rotatable bonds is 14. The number of fused-ring (bicyclic) bond motifs is 1. The zero-order chi connectivity index (χ0) is 24.2. The van der Waals surface area contributed by atoms with Gasteiger partial charge in [0.15, 0.2) is 5.65 Å². The van der Waals surface area contributed by atoms with E-state index in [2.05, 4.69) is 32.4 Å². The molecule has 34 heavy (non-hydrogen) atoms. The fourth-order valence-corrected chi connectivity index (χ4v) is 4.58. The number of hydrogen-bond acceptors (Lipinski definition) is 5. The molecule has 184 valence electrons. The summed E-state index contributed by atoms with van der Waals surface area (Å²) in [7, 11) is 0. The largest absolute Gasteiger partial charge is 0.325 e. The number of aromatic amines is 1. The fraction of sp³-hybridized carbons (Fsp3) is 0.500. The van der Waals surface area contributed by atoms with Gasteiger partial charge in [-0.1, -0.05) is 39.0 Å². The highest BCUT2D eigenvalue weighted by molar-refractivity contribution is 7.99. The Morgan fingerprint density at radius 1 is 1.06 bits per heavy atom. The van der Waals surface area contributed by atoms with E-state index in [4.69, 9.17) is 0 Å². The first-order chi connectivity index (χ1) is 16.6. The highest BCUT2D eigenvalue weighted by Gasteiger charge is 2.15. The van der Waals surface area contributed by atoms with E-state index in [1.807, 2.05) is 0 Å². The second-order valence-corrected chi connectivity index (χ2v) is 9.26. The van der Waals surface area contributed by atoms with Crippen LogP contribution in [-0.4, -0.2) is 49.9 Å². The van der Waals surface area contributed by atoms with Crippen molar-refractivity contribution in [2.45, 2.75) is 63.3 Å². The minimum Gasteiger partial charge on any atom is -0.325 e. The van der Waals surface area contributed by atoms with Gasteiger partial charge in [0.2, 0.25) is 0 Å². The Morgan fingerprint density at radius 2 is 1.82 bits per heavy atom. The second-order valence-electron chi connectivity index (χ2n) is 8.18. The Labute approximate surface area is 203 Å². The third-order valence-electron chi connectivity index (χ3n) is 5.51. The van der Waals surface area contributed by atoms with Gasteiger partial charge in [-0.05, 0) is 37.1 Å². The fourth-order valence-electron chi connectivity index (χ4n) is 3.61. The summed E-state index contributed by atoms with van der Waals surface area (Å²) in [5.41, 5.74) is 0.727. The van der Waals surface area contributed by atoms with Gasteiger partial charge >= 0.3 is 6.03 Å². The molecule has 1 aromatic carbocycles. The maximum absolute atomic E-state index is 14.0. The van der Waals surface area contributed by atoms with Crippen molar-refractivity contribution in [1.82, 2.24) is 25.1 Å². The number of nitrogens with one attached hydrogen (secondary N) is 2. The van der Waals surface area contributed by atoms with Gasteiger partial charge in [-0.3, -0.25) is 5.10 Å². The molecule has 0 spiro atoms. The summed E-state index contributed by atoms with van der Waals surface area (Å²) in [5.74, 6) is -0.539. The van der Waals surface area contributed by atoms with Crippen molar-refractivity contribution in [1.29, 1.82) is 0 Å². The van der Waals surface area contributed by atoms with E-state index in [9.17, 15) is 13.6 Å². The topological polar surface area (TPSA) is 86.8 Å². The number of halogens is 2. The van der Waals surface area contributed by atoms with E-state index >= 15 is 0 Å². The van der Waals surface area contributed by atoms with Crippen molar-refractivity contribution in [3.63, 3.8) is 0 Å². The molecule has 2 amide bonds. The number of amides is 2. The van der Waals surface area contributed by atoms with Crippen LogP contribution in [0.1, 0.15) is 58.3 Å². The molecule has 0 aliphatic heterocycles. The number of unbranched alkanes of at least 4 members (excludes halogenated alkanes) is 6. The van der Waals surface area contributed by atoms with Crippen LogP contribution in [0, 0.1) is 11.6 Å². The van der Waals surface area contributed by atoms with Crippen LogP contribution in [0.4, 0.5) is 19.3 Å². The summed E-state index contributed by atoms with van der Waals surface area (Å²) in [6.07, 6.45) is 11.5. The molecular weight excluding hydrogens is 458 g/mol. The zero-order valence-corrected chi connectivity index (χ0v) is 20.3. The quantitative estimate of drug-likeness (QED) is 0.155. The number of hydrogen-bond donors (Lipinski definition) is 2. The number of H-pyrrole nitrogens is 1. The number of nitrogens with zero attached hydrogens (tertiary/aromatic N) is 4. The van der Waals surface area contributed by atoms with Crippen LogP contribution < -0.4 is 5.32 Å². The molecule has 0 radical (unpaired) electrons. The van der Waals surface area contributed by atoms with Crippen LogP contribution in [0.2, 0.25) is 0 Å². The lowest BCUT2D eigenvalue weighted by molar-refractivity contribution is 0.209. The standard InChI is InChI=1S/C24H32F2N6OS/c1-2-3-4-5-7-12-32(24(33)30-21-11-10-18(25)15-20(21)26)13-8-6-9-14-34-23-19-16-29-31-22(19)27-17-28-23/h10-11,15-17H,2-9,12-14H2,1H3,(H,30,33)(H,27,28,29,31). The summed E-state index contributed by atoms with van der Waals surface area (Å²) in [6, 6.07) is 2.82. The molecule has 0 atom stereocenters. The highest BCUT2D eigenvalue weighted by Crippen LogP contribution is 2.24. The molecule has 0 bridgehead atoms. The van der Waals surface area contributed by atoms with Gasteiger partial charge in [-0.25, -0.2) is 23.5 Å². The average Bonchev–Trinajstić information content (AvgIpc) is 3.31. The number of carbonyl (C=O) groups is 1. The molecule has 3 rings (SSSR count). The number of benzene rings is 1.